The highest BCUT2D eigenvalue weighted by Gasteiger charge is 2.13. The smallest absolute Gasteiger partial charge is 0.231 e. The molecule has 0 aliphatic carbocycles. The fourth-order valence-corrected chi connectivity index (χ4v) is 2.36. The van der Waals surface area contributed by atoms with Crippen molar-refractivity contribution in [3.05, 3.63) is 46.4 Å². The zero-order valence-corrected chi connectivity index (χ0v) is 11.4. The maximum atomic E-state index is 8.94. The van der Waals surface area contributed by atoms with Crippen molar-refractivity contribution < 1.29 is 9.47 Å². The first-order valence-electron chi connectivity index (χ1n) is 5.62. The molecule has 1 aliphatic rings. The third-order valence-electron chi connectivity index (χ3n) is 2.69. The van der Waals surface area contributed by atoms with Crippen LogP contribution in [0.25, 0.3) is 0 Å². The second-order valence-electron chi connectivity index (χ2n) is 4.03. The van der Waals surface area contributed by atoms with Gasteiger partial charge in [0.1, 0.15) is 0 Å². The van der Waals surface area contributed by atoms with Gasteiger partial charge in [0.05, 0.1) is 11.6 Å². The van der Waals surface area contributed by atoms with E-state index in [1.54, 1.807) is 12.1 Å². The van der Waals surface area contributed by atoms with Gasteiger partial charge >= 0.3 is 0 Å². The zero-order valence-electron chi connectivity index (χ0n) is 9.81. The van der Waals surface area contributed by atoms with E-state index < -0.39 is 0 Å². The van der Waals surface area contributed by atoms with E-state index in [0.29, 0.717) is 5.56 Å². The molecule has 0 saturated heterocycles. The summed E-state index contributed by atoms with van der Waals surface area (Å²) in [6, 6.07) is 13.2. The molecule has 0 unspecified atom stereocenters. The maximum Gasteiger partial charge on any atom is 0.231 e. The molecule has 3 rings (SSSR count). The van der Waals surface area contributed by atoms with E-state index in [0.717, 1.165) is 27.3 Å². The SMILES string of the molecule is N#Cc1cc(Br)cc(Nc2ccc3c(c2)OCO3)c1. The van der Waals surface area contributed by atoms with Gasteiger partial charge < -0.3 is 14.8 Å². The topological polar surface area (TPSA) is 54.3 Å². The summed E-state index contributed by atoms with van der Waals surface area (Å²) in [4.78, 5) is 0. The van der Waals surface area contributed by atoms with Crippen LogP contribution in [-0.2, 0) is 0 Å². The third-order valence-corrected chi connectivity index (χ3v) is 3.15. The standard InChI is InChI=1S/C14H9BrN2O2/c15-10-3-9(7-16)4-12(5-10)17-11-1-2-13-14(6-11)19-8-18-13/h1-6,17H,8H2. The molecule has 1 heterocycles. The Morgan fingerprint density at radius 3 is 2.74 bits per heavy atom. The van der Waals surface area contributed by atoms with Gasteiger partial charge in [0.2, 0.25) is 6.79 Å². The van der Waals surface area contributed by atoms with Gasteiger partial charge in [0.15, 0.2) is 11.5 Å². The molecule has 0 radical (unpaired) electrons. The first-order valence-corrected chi connectivity index (χ1v) is 6.41. The predicted octanol–water partition coefficient (Wildman–Crippen LogP) is 3.79. The number of nitrogens with zero attached hydrogens (tertiary/aromatic N) is 1. The molecule has 0 amide bonds. The number of hydrogen-bond donors (Lipinski definition) is 1. The fraction of sp³-hybridized carbons (Fsp3) is 0.0714. The lowest BCUT2D eigenvalue weighted by atomic mass is 10.2. The lowest BCUT2D eigenvalue weighted by Gasteiger charge is -2.08. The van der Waals surface area contributed by atoms with Gasteiger partial charge in [-0.25, -0.2) is 0 Å². The van der Waals surface area contributed by atoms with Crippen molar-refractivity contribution >= 4 is 27.3 Å². The summed E-state index contributed by atoms with van der Waals surface area (Å²) in [7, 11) is 0. The monoisotopic (exact) mass is 316 g/mol. The number of nitrogens with one attached hydrogen (secondary N) is 1. The van der Waals surface area contributed by atoms with E-state index in [9.17, 15) is 0 Å². The molecule has 1 N–H and O–H groups in total. The fourth-order valence-electron chi connectivity index (χ4n) is 1.87. The van der Waals surface area contributed by atoms with E-state index in [2.05, 4.69) is 27.3 Å². The summed E-state index contributed by atoms with van der Waals surface area (Å²) in [6.45, 7) is 0.258. The molecule has 0 fully saturated rings. The van der Waals surface area contributed by atoms with Crippen molar-refractivity contribution in [3.8, 4) is 17.6 Å². The van der Waals surface area contributed by atoms with Crippen molar-refractivity contribution in [2.75, 3.05) is 12.1 Å². The largest absolute Gasteiger partial charge is 0.454 e. The average Bonchev–Trinajstić information content (AvgIpc) is 2.85. The number of rotatable bonds is 2. The lowest BCUT2D eigenvalue weighted by Crippen LogP contribution is -1.93. The third kappa shape index (κ3) is 2.49. The maximum absolute atomic E-state index is 8.94. The summed E-state index contributed by atoms with van der Waals surface area (Å²) in [5.74, 6) is 1.47. The molecule has 0 aromatic heterocycles. The van der Waals surface area contributed by atoms with Crippen molar-refractivity contribution in [3.63, 3.8) is 0 Å². The summed E-state index contributed by atoms with van der Waals surface area (Å²) in [6.07, 6.45) is 0. The van der Waals surface area contributed by atoms with Crippen LogP contribution in [0.4, 0.5) is 11.4 Å². The quantitative estimate of drug-likeness (QED) is 0.915. The van der Waals surface area contributed by atoms with Gasteiger partial charge in [-0.05, 0) is 30.3 Å². The highest BCUT2D eigenvalue weighted by Crippen LogP contribution is 2.35. The van der Waals surface area contributed by atoms with Gasteiger partial charge in [-0.1, -0.05) is 15.9 Å². The Bertz CT molecular complexity index is 680. The molecule has 0 atom stereocenters. The summed E-state index contributed by atoms with van der Waals surface area (Å²) >= 11 is 3.38. The van der Waals surface area contributed by atoms with Crippen molar-refractivity contribution in [1.82, 2.24) is 0 Å². The van der Waals surface area contributed by atoms with Crippen LogP contribution in [0.5, 0.6) is 11.5 Å². The number of halogens is 1. The average molecular weight is 317 g/mol. The van der Waals surface area contributed by atoms with Crippen LogP contribution in [0.1, 0.15) is 5.56 Å². The second-order valence-corrected chi connectivity index (χ2v) is 4.95. The Balaban J connectivity index is 1.89. The molecule has 94 valence electrons. The summed E-state index contributed by atoms with van der Waals surface area (Å²) in [5, 5.41) is 12.2. The molecule has 0 spiro atoms. The van der Waals surface area contributed by atoms with E-state index >= 15 is 0 Å². The number of hydrogen-bond acceptors (Lipinski definition) is 4. The van der Waals surface area contributed by atoms with E-state index in [-0.39, 0.29) is 6.79 Å². The van der Waals surface area contributed by atoms with E-state index in [1.807, 2.05) is 24.3 Å². The molecule has 0 bridgehead atoms. The molecule has 5 heteroatoms. The van der Waals surface area contributed by atoms with Crippen LogP contribution in [-0.4, -0.2) is 6.79 Å². The van der Waals surface area contributed by atoms with Gasteiger partial charge in [0, 0.05) is 21.9 Å². The minimum atomic E-state index is 0.258. The molecular formula is C14H9BrN2O2. The Labute approximate surface area is 118 Å². The lowest BCUT2D eigenvalue weighted by molar-refractivity contribution is 0.174. The van der Waals surface area contributed by atoms with E-state index in [4.69, 9.17) is 14.7 Å². The van der Waals surface area contributed by atoms with Crippen molar-refractivity contribution in [1.29, 1.82) is 5.26 Å². The molecule has 2 aromatic rings. The minimum Gasteiger partial charge on any atom is -0.454 e. The van der Waals surface area contributed by atoms with Crippen LogP contribution in [0, 0.1) is 11.3 Å². The minimum absolute atomic E-state index is 0.258. The zero-order chi connectivity index (χ0) is 13.2. The predicted molar refractivity (Wildman–Crippen MR) is 74.7 cm³/mol. The normalized spacial score (nSPS) is 12.0. The molecule has 1 aliphatic heterocycles. The molecule has 4 nitrogen and oxygen atoms in total. The molecule has 2 aromatic carbocycles. The van der Waals surface area contributed by atoms with Crippen LogP contribution in [0.15, 0.2) is 40.9 Å². The number of anilines is 2. The van der Waals surface area contributed by atoms with Crippen LogP contribution < -0.4 is 14.8 Å². The van der Waals surface area contributed by atoms with Crippen molar-refractivity contribution in [2.24, 2.45) is 0 Å². The number of fused-ring (bicyclic) bond motifs is 1. The molecule has 19 heavy (non-hydrogen) atoms. The Morgan fingerprint density at radius 1 is 1.05 bits per heavy atom. The molecule has 0 saturated carbocycles. The first-order chi connectivity index (χ1) is 9.24. The van der Waals surface area contributed by atoms with Gasteiger partial charge in [0.25, 0.3) is 0 Å². The highest BCUT2D eigenvalue weighted by atomic mass is 79.9. The van der Waals surface area contributed by atoms with E-state index in [1.165, 1.54) is 0 Å². The Kier molecular flexibility index (Phi) is 3.02. The number of ether oxygens (including phenoxy) is 2. The number of nitriles is 1. The van der Waals surface area contributed by atoms with Crippen LogP contribution in [0.3, 0.4) is 0 Å². The van der Waals surface area contributed by atoms with Gasteiger partial charge in [-0.15, -0.1) is 0 Å². The van der Waals surface area contributed by atoms with Gasteiger partial charge in [-0.3, -0.25) is 0 Å². The highest BCUT2D eigenvalue weighted by molar-refractivity contribution is 9.10. The number of benzene rings is 2. The first kappa shape index (κ1) is 11.9. The molecular weight excluding hydrogens is 308 g/mol. The Morgan fingerprint density at radius 2 is 1.89 bits per heavy atom. The summed E-state index contributed by atoms with van der Waals surface area (Å²) in [5.41, 5.74) is 2.31. The second kappa shape index (κ2) is 4.82. The Hall–Kier alpha value is -2.19. The summed E-state index contributed by atoms with van der Waals surface area (Å²) < 4.78 is 11.4. The van der Waals surface area contributed by atoms with Crippen molar-refractivity contribution in [2.45, 2.75) is 0 Å². The van der Waals surface area contributed by atoms with Crippen LogP contribution >= 0.6 is 15.9 Å². The van der Waals surface area contributed by atoms with Gasteiger partial charge in [-0.2, -0.15) is 5.26 Å². The van der Waals surface area contributed by atoms with Crippen LogP contribution in [0.2, 0.25) is 0 Å².